The summed E-state index contributed by atoms with van der Waals surface area (Å²) in [4.78, 5) is 11.1. The van der Waals surface area contributed by atoms with E-state index in [1.807, 2.05) is 19.9 Å². The molecular weight excluding hydrogens is 486 g/mol. The van der Waals surface area contributed by atoms with Crippen LogP contribution >= 0.6 is 11.6 Å². The van der Waals surface area contributed by atoms with Gasteiger partial charge in [0.15, 0.2) is 0 Å². The molecule has 0 saturated heterocycles. The molecule has 5 rings (SSSR count). The van der Waals surface area contributed by atoms with Crippen molar-refractivity contribution < 1.29 is 13.3 Å². The Bertz CT molecular complexity index is 1470. The Morgan fingerprint density at radius 1 is 1.03 bits per heavy atom. The lowest BCUT2D eigenvalue weighted by Crippen LogP contribution is -2.29. The number of sulfonamides is 1. The van der Waals surface area contributed by atoms with Crippen LogP contribution < -0.4 is 10.0 Å². The molecule has 1 aliphatic heterocycles. The number of non-ortho nitro benzene ring substituents is 1. The van der Waals surface area contributed by atoms with Gasteiger partial charge in [-0.15, -0.1) is 0 Å². The third kappa shape index (κ3) is 4.39. The minimum Gasteiger partial charge on any atom is -0.378 e. The number of hydrogen-bond donors (Lipinski definition) is 2. The van der Waals surface area contributed by atoms with Crippen LogP contribution in [0, 0.1) is 29.9 Å². The molecule has 180 valence electrons. The van der Waals surface area contributed by atoms with Crippen LogP contribution in [-0.4, -0.2) is 13.3 Å². The number of anilines is 2. The minimum atomic E-state index is -3.79. The van der Waals surface area contributed by atoms with Crippen LogP contribution in [0.2, 0.25) is 5.02 Å². The second kappa shape index (κ2) is 8.70. The fourth-order valence-electron chi connectivity index (χ4n) is 5.18. The van der Waals surface area contributed by atoms with E-state index in [1.54, 1.807) is 36.4 Å². The Morgan fingerprint density at radius 2 is 1.77 bits per heavy atom. The number of nitro groups is 1. The van der Waals surface area contributed by atoms with E-state index < -0.39 is 14.9 Å². The van der Waals surface area contributed by atoms with Crippen molar-refractivity contribution >= 4 is 38.7 Å². The molecule has 3 aromatic rings. The summed E-state index contributed by atoms with van der Waals surface area (Å²) in [7, 11) is -3.79. The Labute approximate surface area is 209 Å². The van der Waals surface area contributed by atoms with Gasteiger partial charge in [-0.25, -0.2) is 8.42 Å². The number of nitro benzene ring substituents is 1. The van der Waals surface area contributed by atoms with Crippen molar-refractivity contribution in [3.63, 3.8) is 0 Å². The molecule has 3 atom stereocenters. The van der Waals surface area contributed by atoms with Crippen LogP contribution in [0.25, 0.3) is 0 Å². The molecule has 3 aromatic carbocycles. The smallest absolute Gasteiger partial charge is 0.269 e. The zero-order valence-electron chi connectivity index (χ0n) is 19.2. The maximum absolute atomic E-state index is 13.2. The Hall–Kier alpha value is -3.36. The van der Waals surface area contributed by atoms with Crippen molar-refractivity contribution in [1.29, 1.82) is 0 Å². The normalized spacial score (nSPS) is 20.6. The molecule has 35 heavy (non-hydrogen) atoms. The molecule has 1 heterocycles. The predicted molar refractivity (Wildman–Crippen MR) is 138 cm³/mol. The monoisotopic (exact) mass is 509 g/mol. The predicted octanol–water partition coefficient (Wildman–Crippen LogP) is 6.49. The maximum Gasteiger partial charge on any atom is 0.269 e. The van der Waals surface area contributed by atoms with Crippen LogP contribution in [0.15, 0.2) is 71.6 Å². The highest BCUT2D eigenvalue weighted by molar-refractivity contribution is 7.92. The second-order valence-electron chi connectivity index (χ2n) is 9.17. The van der Waals surface area contributed by atoms with Gasteiger partial charge in [-0.1, -0.05) is 29.8 Å². The number of allylic oxidation sites excluding steroid dienone is 2. The molecule has 0 bridgehead atoms. The lowest BCUT2D eigenvalue weighted by Gasteiger charge is -2.38. The minimum absolute atomic E-state index is 0.0154. The van der Waals surface area contributed by atoms with Crippen molar-refractivity contribution in [3.8, 4) is 0 Å². The summed E-state index contributed by atoms with van der Waals surface area (Å²) < 4.78 is 29.1. The van der Waals surface area contributed by atoms with Gasteiger partial charge in [0.25, 0.3) is 15.7 Å². The highest BCUT2D eigenvalue weighted by Gasteiger charge is 2.39. The third-order valence-electron chi connectivity index (χ3n) is 6.64. The first-order chi connectivity index (χ1) is 16.6. The Balaban J connectivity index is 1.51. The van der Waals surface area contributed by atoms with Gasteiger partial charge in [0.2, 0.25) is 0 Å². The van der Waals surface area contributed by atoms with E-state index in [0.717, 1.165) is 28.8 Å². The summed E-state index contributed by atoms with van der Waals surface area (Å²) in [6.07, 6.45) is 4.90. The summed E-state index contributed by atoms with van der Waals surface area (Å²) in [6, 6.07) is 14.9. The molecule has 9 heteroatoms. The van der Waals surface area contributed by atoms with Gasteiger partial charge in [0.1, 0.15) is 0 Å². The van der Waals surface area contributed by atoms with Crippen molar-refractivity contribution in [2.75, 3.05) is 10.0 Å². The number of rotatable bonds is 5. The number of nitrogens with zero attached hydrogens (tertiary/aromatic N) is 1. The van der Waals surface area contributed by atoms with E-state index in [4.69, 9.17) is 11.6 Å². The molecule has 0 spiro atoms. The van der Waals surface area contributed by atoms with E-state index >= 15 is 0 Å². The summed E-state index contributed by atoms with van der Waals surface area (Å²) in [5, 5.41) is 15.3. The van der Waals surface area contributed by atoms with Crippen LogP contribution in [0.1, 0.15) is 40.6 Å². The molecule has 0 fully saturated rings. The summed E-state index contributed by atoms with van der Waals surface area (Å²) >= 11 is 6.47. The molecule has 0 radical (unpaired) electrons. The van der Waals surface area contributed by atoms with E-state index in [-0.39, 0.29) is 28.5 Å². The van der Waals surface area contributed by atoms with Crippen molar-refractivity contribution in [2.24, 2.45) is 5.92 Å². The quantitative estimate of drug-likeness (QED) is 0.232. The SMILES string of the molecule is Cc1cc(C)cc(NS(=O)(=O)c2ccc3c(c2)C2C=CCC2C(c2cc([N+](=O)[O-])ccc2Cl)N3)c1. The number of aryl methyl sites for hydroxylation is 2. The average Bonchev–Trinajstić information content (AvgIpc) is 3.28. The first-order valence-corrected chi connectivity index (χ1v) is 13.1. The molecule has 0 saturated carbocycles. The van der Waals surface area contributed by atoms with Crippen molar-refractivity contribution in [1.82, 2.24) is 0 Å². The molecule has 2 N–H and O–H groups in total. The standard InChI is InChI=1S/C26H24ClN3O4S/c1-15-10-16(2)12-17(11-15)29-35(33,34)19-7-9-25-22(14-19)20-4-3-5-21(20)26(28-25)23-13-18(30(31)32)6-8-24(23)27/h3-4,6-14,20-21,26,28-29H,5H2,1-2H3. The van der Waals surface area contributed by atoms with Gasteiger partial charge in [-0.05, 0) is 79.3 Å². The number of nitrogens with one attached hydrogen (secondary N) is 2. The van der Waals surface area contributed by atoms with E-state index in [1.165, 1.54) is 12.1 Å². The lowest BCUT2D eigenvalue weighted by atomic mass is 9.77. The molecule has 7 nitrogen and oxygen atoms in total. The van der Waals surface area contributed by atoms with Crippen molar-refractivity contribution in [2.45, 2.75) is 37.1 Å². The topological polar surface area (TPSA) is 101 Å². The fourth-order valence-corrected chi connectivity index (χ4v) is 6.49. The summed E-state index contributed by atoms with van der Waals surface area (Å²) in [6.45, 7) is 3.85. The summed E-state index contributed by atoms with van der Waals surface area (Å²) in [5.41, 5.74) is 4.79. The zero-order valence-corrected chi connectivity index (χ0v) is 20.7. The molecule has 2 aliphatic rings. The van der Waals surface area contributed by atoms with Gasteiger partial charge < -0.3 is 5.32 Å². The van der Waals surface area contributed by atoms with Crippen LogP contribution in [-0.2, 0) is 10.0 Å². The number of fused-ring (bicyclic) bond motifs is 3. The average molecular weight is 510 g/mol. The van der Waals surface area contributed by atoms with Gasteiger partial charge in [-0.2, -0.15) is 0 Å². The Kier molecular flexibility index (Phi) is 5.81. The molecule has 0 aromatic heterocycles. The molecule has 1 aliphatic carbocycles. The van der Waals surface area contributed by atoms with Gasteiger partial charge in [-0.3, -0.25) is 14.8 Å². The van der Waals surface area contributed by atoms with E-state index in [9.17, 15) is 18.5 Å². The van der Waals surface area contributed by atoms with Crippen LogP contribution in [0.4, 0.5) is 17.1 Å². The largest absolute Gasteiger partial charge is 0.378 e. The highest BCUT2D eigenvalue weighted by Crippen LogP contribution is 2.51. The number of hydrogen-bond acceptors (Lipinski definition) is 5. The first kappa shape index (κ1) is 23.4. The van der Waals surface area contributed by atoms with Gasteiger partial charge in [0.05, 0.1) is 15.9 Å². The Morgan fingerprint density at radius 3 is 2.49 bits per heavy atom. The molecule has 3 unspecified atom stereocenters. The van der Waals surface area contributed by atoms with Gasteiger partial charge >= 0.3 is 0 Å². The first-order valence-electron chi connectivity index (χ1n) is 11.2. The highest BCUT2D eigenvalue weighted by atomic mass is 35.5. The maximum atomic E-state index is 13.2. The third-order valence-corrected chi connectivity index (χ3v) is 8.37. The lowest BCUT2D eigenvalue weighted by molar-refractivity contribution is -0.384. The second-order valence-corrected chi connectivity index (χ2v) is 11.3. The van der Waals surface area contributed by atoms with Crippen LogP contribution in [0.5, 0.6) is 0 Å². The van der Waals surface area contributed by atoms with Crippen molar-refractivity contribution in [3.05, 3.63) is 104 Å². The zero-order chi connectivity index (χ0) is 24.9. The van der Waals surface area contributed by atoms with E-state index in [0.29, 0.717) is 16.3 Å². The van der Waals surface area contributed by atoms with Crippen LogP contribution in [0.3, 0.4) is 0 Å². The molecule has 0 amide bonds. The molecular formula is C26H24ClN3O4S. The van der Waals surface area contributed by atoms with Gasteiger partial charge in [0, 0.05) is 40.0 Å². The fraction of sp³-hybridized carbons (Fsp3) is 0.231. The number of halogens is 1. The number of benzene rings is 3. The van der Waals surface area contributed by atoms with E-state index in [2.05, 4.69) is 22.2 Å². The summed E-state index contributed by atoms with van der Waals surface area (Å²) in [5.74, 6) is 0.00952.